The molecule has 8 nitrogen and oxygen atoms in total. The molecule has 0 spiro atoms. The van der Waals surface area contributed by atoms with Gasteiger partial charge in [0.1, 0.15) is 5.60 Å². The van der Waals surface area contributed by atoms with Crippen LogP contribution in [0.1, 0.15) is 70.2 Å². The largest absolute Gasteiger partial charge is 0.481 e. The van der Waals surface area contributed by atoms with Gasteiger partial charge in [0.05, 0.1) is 12.5 Å². The molecule has 0 bridgehead atoms. The number of ether oxygens (including phenoxy) is 1. The topological polar surface area (TPSA) is 103 Å². The number of aromatic amines is 1. The van der Waals surface area contributed by atoms with E-state index in [1.165, 1.54) is 0 Å². The van der Waals surface area contributed by atoms with Crippen molar-refractivity contribution < 1.29 is 24.2 Å². The summed E-state index contributed by atoms with van der Waals surface area (Å²) in [7, 11) is 1.76. The van der Waals surface area contributed by atoms with Crippen LogP contribution in [0.25, 0.3) is 10.9 Å². The number of rotatable bonds is 5. The lowest BCUT2D eigenvalue weighted by molar-refractivity contribution is -0.144. The van der Waals surface area contributed by atoms with Crippen LogP contribution in [0.3, 0.4) is 0 Å². The molecule has 1 atom stereocenters. The van der Waals surface area contributed by atoms with Gasteiger partial charge in [-0.3, -0.25) is 9.59 Å². The summed E-state index contributed by atoms with van der Waals surface area (Å²) in [6, 6.07) is 7.51. The molecule has 35 heavy (non-hydrogen) atoms. The van der Waals surface area contributed by atoms with E-state index in [0.29, 0.717) is 19.0 Å². The first-order valence-electron chi connectivity index (χ1n) is 12.6. The SMILES string of the molecule is CN(CC1CCC(C(=O)N2CCc3c([nH]c4ccccc34)C2CC(=O)O)CC1)C(=O)OC(C)(C)C. The molecular weight excluding hydrogens is 446 g/mol. The fourth-order valence-electron chi connectivity index (χ4n) is 5.59. The van der Waals surface area contributed by atoms with Gasteiger partial charge in [-0.1, -0.05) is 18.2 Å². The number of hydrogen-bond donors (Lipinski definition) is 2. The molecule has 1 saturated carbocycles. The van der Waals surface area contributed by atoms with Crippen LogP contribution in [-0.2, 0) is 20.7 Å². The van der Waals surface area contributed by atoms with Gasteiger partial charge in [0.25, 0.3) is 0 Å². The third-order valence-corrected chi connectivity index (χ3v) is 7.24. The monoisotopic (exact) mass is 483 g/mol. The number of carboxylic acids is 1. The number of carbonyl (C=O) groups excluding carboxylic acids is 2. The highest BCUT2D eigenvalue weighted by molar-refractivity contribution is 5.87. The first kappa shape index (κ1) is 25.1. The highest BCUT2D eigenvalue weighted by Gasteiger charge is 2.38. The van der Waals surface area contributed by atoms with Crippen molar-refractivity contribution in [2.45, 2.75) is 70.9 Å². The minimum atomic E-state index is -0.909. The van der Waals surface area contributed by atoms with Gasteiger partial charge in [0.2, 0.25) is 5.91 Å². The number of amides is 2. The Hall–Kier alpha value is -3.03. The van der Waals surface area contributed by atoms with Crippen molar-refractivity contribution in [1.82, 2.24) is 14.8 Å². The van der Waals surface area contributed by atoms with Crippen LogP contribution < -0.4 is 0 Å². The zero-order valence-corrected chi connectivity index (χ0v) is 21.2. The second-order valence-electron chi connectivity index (χ2n) is 11.0. The molecule has 1 fully saturated rings. The highest BCUT2D eigenvalue weighted by Crippen LogP contribution is 2.39. The van der Waals surface area contributed by atoms with Gasteiger partial charge in [-0.2, -0.15) is 0 Å². The van der Waals surface area contributed by atoms with Crippen LogP contribution in [0.15, 0.2) is 24.3 Å². The van der Waals surface area contributed by atoms with Crippen molar-refractivity contribution in [3.05, 3.63) is 35.5 Å². The van der Waals surface area contributed by atoms with Crippen molar-refractivity contribution in [1.29, 1.82) is 0 Å². The lowest BCUT2D eigenvalue weighted by Crippen LogP contribution is -2.45. The number of nitrogens with zero attached hydrogens (tertiary/aromatic N) is 2. The summed E-state index contributed by atoms with van der Waals surface area (Å²) in [4.78, 5) is 44.5. The van der Waals surface area contributed by atoms with E-state index in [1.54, 1.807) is 16.8 Å². The van der Waals surface area contributed by atoms with Gasteiger partial charge in [0, 0.05) is 42.7 Å². The number of aromatic nitrogens is 1. The number of fused-ring (bicyclic) bond motifs is 3. The zero-order chi connectivity index (χ0) is 25.3. The lowest BCUT2D eigenvalue weighted by Gasteiger charge is -2.39. The van der Waals surface area contributed by atoms with E-state index in [4.69, 9.17) is 4.74 Å². The maximum atomic E-state index is 13.6. The summed E-state index contributed by atoms with van der Waals surface area (Å²) in [6.45, 7) is 6.71. The van der Waals surface area contributed by atoms with Crippen LogP contribution in [0.2, 0.25) is 0 Å². The predicted molar refractivity (Wildman–Crippen MR) is 133 cm³/mol. The van der Waals surface area contributed by atoms with Crippen molar-refractivity contribution in [3.63, 3.8) is 0 Å². The lowest BCUT2D eigenvalue weighted by atomic mass is 9.80. The Bertz CT molecular complexity index is 1090. The quantitative estimate of drug-likeness (QED) is 0.639. The molecule has 0 saturated heterocycles. The van der Waals surface area contributed by atoms with Crippen molar-refractivity contribution in [3.8, 4) is 0 Å². The Morgan fingerprint density at radius 1 is 1.14 bits per heavy atom. The summed E-state index contributed by atoms with van der Waals surface area (Å²) in [6.07, 6.45) is 3.51. The summed E-state index contributed by atoms with van der Waals surface area (Å²) in [5, 5.41) is 10.7. The maximum Gasteiger partial charge on any atom is 0.410 e. The molecule has 2 N–H and O–H groups in total. The van der Waals surface area contributed by atoms with Crippen LogP contribution in [-0.4, -0.2) is 63.6 Å². The van der Waals surface area contributed by atoms with E-state index < -0.39 is 17.6 Å². The van der Waals surface area contributed by atoms with Crippen LogP contribution in [0.4, 0.5) is 4.79 Å². The summed E-state index contributed by atoms with van der Waals surface area (Å²) >= 11 is 0. The summed E-state index contributed by atoms with van der Waals surface area (Å²) in [5.41, 5.74) is 2.45. The predicted octanol–water partition coefficient (Wildman–Crippen LogP) is 4.74. The molecule has 1 aromatic carbocycles. The van der Waals surface area contributed by atoms with Crippen LogP contribution >= 0.6 is 0 Å². The fraction of sp³-hybridized carbons (Fsp3) is 0.593. The minimum Gasteiger partial charge on any atom is -0.481 e. The number of carbonyl (C=O) groups is 3. The molecule has 1 aliphatic heterocycles. The van der Waals surface area contributed by atoms with Gasteiger partial charge in [0.15, 0.2) is 0 Å². The van der Waals surface area contributed by atoms with E-state index in [2.05, 4.69) is 11.1 Å². The molecule has 1 aromatic heterocycles. The Labute approximate surface area is 206 Å². The van der Waals surface area contributed by atoms with Crippen molar-refractivity contribution >= 4 is 28.9 Å². The van der Waals surface area contributed by atoms with Gasteiger partial charge >= 0.3 is 12.1 Å². The molecule has 1 aliphatic carbocycles. The van der Waals surface area contributed by atoms with E-state index in [0.717, 1.165) is 54.3 Å². The normalized spacial score (nSPS) is 22.5. The van der Waals surface area contributed by atoms with Gasteiger partial charge in [-0.25, -0.2) is 4.79 Å². The second-order valence-corrected chi connectivity index (χ2v) is 11.0. The Kier molecular flexibility index (Phi) is 7.10. The number of H-pyrrole nitrogens is 1. The molecule has 8 heteroatoms. The number of benzene rings is 1. The van der Waals surface area contributed by atoms with Gasteiger partial charge in [-0.05, 0) is 70.4 Å². The highest BCUT2D eigenvalue weighted by atomic mass is 16.6. The van der Waals surface area contributed by atoms with E-state index in [1.807, 2.05) is 39.0 Å². The average Bonchev–Trinajstić information content (AvgIpc) is 3.17. The van der Waals surface area contributed by atoms with Crippen LogP contribution in [0, 0.1) is 11.8 Å². The summed E-state index contributed by atoms with van der Waals surface area (Å²) in [5.74, 6) is -0.638. The molecule has 1 unspecified atom stereocenters. The Morgan fingerprint density at radius 2 is 1.83 bits per heavy atom. The Balaban J connectivity index is 1.41. The van der Waals surface area contributed by atoms with Gasteiger partial charge in [-0.15, -0.1) is 0 Å². The number of para-hydroxylation sites is 1. The minimum absolute atomic E-state index is 0.0551. The molecule has 0 radical (unpaired) electrons. The zero-order valence-electron chi connectivity index (χ0n) is 21.2. The smallest absolute Gasteiger partial charge is 0.410 e. The summed E-state index contributed by atoms with van der Waals surface area (Å²) < 4.78 is 5.45. The van der Waals surface area contributed by atoms with Gasteiger partial charge < -0.3 is 24.6 Å². The standard InChI is InChI=1S/C27H37N3O5/c1-27(2,3)35-26(34)29(4)16-17-9-11-18(12-10-17)25(33)30-14-13-20-19-7-5-6-8-21(19)28-24(20)22(30)15-23(31)32/h5-8,17-18,22,28H,9-16H2,1-4H3,(H,31,32). The number of carboxylic acid groups (broad SMARTS) is 1. The average molecular weight is 484 g/mol. The molecule has 2 heterocycles. The third kappa shape index (κ3) is 5.63. The first-order valence-corrected chi connectivity index (χ1v) is 12.6. The van der Waals surface area contributed by atoms with E-state index in [9.17, 15) is 19.5 Å². The van der Waals surface area contributed by atoms with Crippen molar-refractivity contribution in [2.75, 3.05) is 20.1 Å². The molecule has 2 aromatic rings. The number of aliphatic carboxylic acids is 1. The molecule has 2 amide bonds. The molecule has 2 aliphatic rings. The third-order valence-electron chi connectivity index (χ3n) is 7.24. The fourth-order valence-corrected chi connectivity index (χ4v) is 5.59. The second kappa shape index (κ2) is 9.91. The molecule has 190 valence electrons. The Morgan fingerprint density at radius 3 is 2.49 bits per heavy atom. The van der Waals surface area contributed by atoms with E-state index in [-0.39, 0.29) is 24.3 Å². The van der Waals surface area contributed by atoms with E-state index >= 15 is 0 Å². The number of hydrogen-bond acceptors (Lipinski definition) is 4. The van der Waals surface area contributed by atoms with Crippen molar-refractivity contribution in [2.24, 2.45) is 11.8 Å². The first-order chi connectivity index (χ1) is 16.5. The number of nitrogens with one attached hydrogen (secondary N) is 1. The van der Waals surface area contributed by atoms with Crippen LogP contribution in [0.5, 0.6) is 0 Å². The molecule has 4 rings (SSSR count). The molecular formula is C27H37N3O5. The maximum absolute atomic E-state index is 13.6.